The van der Waals surface area contributed by atoms with Gasteiger partial charge in [0.15, 0.2) is 0 Å². The molecule has 2 amide bonds. The van der Waals surface area contributed by atoms with Gasteiger partial charge in [-0.3, -0.25) is 9.59 Å². The maximum absolute atomic E-state index is 12.3. The molecule has 0 unspecified atom stereocenters. The highest BCUT2D eigenvalue weighted by Crippen LogP contribution is 2.05. The lowest BCUT2D eigenvalue weighted by molar-refractivity contribution is -0.142. The highest BCUT2D eigenvalue weighted by molar-refractivity contribution is 7.98. The Balaban J connectivity index is 4.47. The number of unbranched alkanes of at least 4 members (excludes halogenated alkanes) is 1. The first-order valence-electron chi connectivity index (χ1n) is 8.03. The van der Waals surface area contributed by atoms with Crippen LogP contribution in [0.3, 0.4) is 0 Å². The van der Waals surface area contributed by atoms with E-state index in [2.05, 4.69) is 21.1 Å². The number of nitrogens with zero attached hydrogens (tertiary/aromatic N) is 1. The maximum atomic E-state index is 12.3. The fourth-order valence-corrected chi connectivity index (χ4v) is 2.53. The van der Waals surface area contributed by atoms with Crippen LogP contribution < -0.4 is 16.0 Å². The van der Waals surface area contributed by atoms with E-state index in [0.717, 1.165) is 0 Å². The van der Waals surface area contributed by atoms with Crippen LogP contribution in [0.15, 0.2) is 5.16 Å². The van der Waals surface area contributed by atoms with Gasteiger partial charge < -0.3 is 26.3 Å². The van der Waals surface area contributed by atoms with Crippen LogP contribution in [0.5, 0.6) is 0 Å². The zero-order chi connectivity index (χ0) is 19.2. The quantitative estimate of drug-likeness (QED) is 0.109. The molecule has 0 aliphatic carbocycles. The predicted octanol–water partition coefficient (Wildman–Crippen LogP) is 0.381. The van der Waals surface area contributed by atoms with Crippen molar-refractivity contribution in [3.63, 3.8) is 0 Å². The Hall–Kier alpha value is -1.97. The van der Waals surface area contributed by atoms with Crippen LogP contribution in [-0.2, 0) is 14.4 Å². The standard InChI is InChI=1S/C15H28N4O5S/c1-10(19-24)16-8-5-4-6-13(15(22)23)18-14(21)12(7-9-25-3)17-11(2)20/h12-13,24H,4-9H2,1-3H3,(H,16,19)(H,17,20)(H,18,21)(H,22,23)/t12-,13-/m0/s1. The molecule has 0 bridgehead atoms. The molecule has 10 heteroatoms. The molecule has 0 spiro atoms. The molecule has 0 aromatic rings. The van der Waals surface area contributed by atoms with E-state index in [9.17, 15) is 19.5 Å². The summed E-state index contributed by atoms with van der Waals surface area (Å²) >= 11 is 1.54. The van der Waals surface area contributed by atoms with E-state index in [-0.39, 0.29) is 12.3 Å². The van der Waals surface area contributed by atoms with Gasteiger partial charge in [-0.05, 0) is 44.6 Å². The van der Waals surface area contributed by atoms with Gasteiger partial charge in [-0.1, -0.05) is 5.16 Å². The third-order valence-corrected chi connectivity index (χ3v) is 4.01. The Labute approximate surface area is 152 Å². The molecule has 0 radical (unpaired) electrons. The number of amidine groups is 1. The zero-order valence-electron chi connectivity index (χ0n) is 14.9. The summed E-state index contributed by atoms with van der Waals surface area (Å²) in [5.41, 5.74) is 0. The van der Waals surface area contributed by atoms with Crippen molar-refractivity contribution in [1.29, 1.82) is 0 Å². The minimum Gasteiger partial charge on any atom is -0.480 e. The molecule has 0 aliphatic heterocycles. The highest BCUT2D eigenvalue weighted by Gasteiger charge is 2.25. The number of carboxylic acid groups (broad SMARTS) is 1. The van der Waals surface area contributed by atoms with Crippen LogP contribution in [0.4, 0.5) is 0 Å². The van der Waals surface area contributed by atoms with Gasteiger partial charge in [0.2, 0.25) is 11.8 Å². The number of amides is 2. The zero-order valence-corrected chi connectivity index (χ0v) is 15.7. The van der Waals surface area contributed by atoms with Gasteiger partial charge in [-0.2, -0.15) is 11.8 Å². The Morgan fingerprint density at radius 3 is 2.28 bits per heavy atom. The number of oxime groups is 1. The molecule has 5 N–H and O–H groups in total. The predicted molar refractivity (Wildman–Crippen MR) is 96.9 cm³/mol. The van der Waals surface area contributed by atoms with Gasteiger partial charge in [0, 0.05) is 13.5 Å². The summed E-state index contributed by atoms with van der Waals surface area (Å²) in [6, 6.07) is -1.75. The number of thioether (sulfide) groups is 1. The first-order valence-corrected chi connectivity index (χ1v) is 9.43. The monoisotopic (exact) mass is 376 g/mol. The van der Waals surface area contributed by atoms with Crippen molar-refractivity contribution in [3.8, 4) is 0 Å². The molecule has 9 nitrogen and oxygen atoms in total. The fourth-order valence-electron chi connectivity index (χ4n) is 2.06. The van der Waals surface area contributed by atoms with E-state index in [4.69, 9.17) is 5.21 Å². The molecule has 0 saturated carbocycles. The van der Waals surface area contributed by atoms with Gasteiger partial charge in [0.25, 0.3) is 0 Å². The highest BCUT2D eigenvalue weighted by atomic mass is 32.2. The van der Waals surface area contributed by atoms with Gasteiger partial charge in [0.05, 0.1) is 0 Å². The number of aliphatic carboxylic acids is 1. The summed E-state index contributed by atoms with van der Waals surface area (Å²) in [5, 5.41) is 28.6. The van der Waals surface area contributed by atoms with E-state index in [1.807, 2.05) is 6.26 Å². The molecule has 25 heavy (non-hydrogen) atoms. The summed E-state index contributed by atoms with van der Waals surface area (Å²) in [6.45, 7) is 3.47. The van der Waals surface area contributed by atoms with Crippen molar-refractivity contribution in [2.75, 3.05) is 18.6 Å². The first kappa shape index (κ1) is 23.0. The van der Waals surface area contributed by atoms with E-state index >= 15 is 0 Å². The minimum absolute atomic E-state index is 0.271. The SMILES string of the molecule is CSCC[C@H](NC(C)=O)C(=O)N[C@@H](CCCCN/C(C)=N/O)C(=O)O. The summed E-state index contributed by atoms with van der Waals surface area (Å²) in [6.07, 6.45) is 3.82. The van der Waals surface area contributed by atoms with Crippen molar-refractivity contribution in [2.24, 2.45) is 5.16 Å². The number of carbonyl (C=O) groups is 3. The van der Waals surface area contributed by atoms with Crippen molar-refractivity contribution in [3.05, 3.63) is 0 Å². The van der Waals surface area contributed by atoms with Crippen LogP contribution in [0, 0.1) is 0 Å². The molecule has 0 heterocycles. The molecule has 2 atom stereocenters. The molecule has 144 valence electrons. The van der Waals surface area contributed by atoms with E-state index in [0.29, 0.717) is 37.4 Å². The molecule has 0 fully saturated rings. The fraction of sp³-hybridized carbons (Fsp3) is 0.733. The smallest absolute Gasteiger partial charge is 0.326 e. The molecular weight excluding hydrogens is 348 g/mol. The van der Waals surface area contributed by atoms with E-state index < -0.39 is 24.0 Å². The van der Waals surface area contributed by atoms with Crippen molar-refractivity contribution in [1.82, 2.24) is 16.0 Å². The average Bonchev–Trinajstić information content (AvgIpc) is 2.56. The average molecular weight is 376 g/mol. The number of rotatable bonds is 12. The molecule has 0 saturated heterocycles. The lowest BCUT2D eigenvalue weighted by Crippen LogP contribution is -2.51. The first-order chi connectivity index (χ1) is 11.8. The van der Waals surface area contributed by atoms with Crippen LogP contribution in [0.1, 0.15) is 39.5 Å². The Bertz CT molecular complexity index is 473. The third kappa shape index (κ3) is 11.2. The van der Waals surface area contributed by atoms with E-state index in [1.54, 1.807) is 18.7 Å². The third-order valence-electron chi connectivity index (χ3n) is 3.37. The van der Waals surface area contributed by atoms with Gasteiger partial charge in [0.1, 0.15) is 17.9 Å². The van der Waals surface area contributed by atoms with Crippen LogP contribution in [-0.4, -0.2) is 64.6 Å². The Kier molecular flexibility index (Phi) is 12.3. The summed E-state index contributed by atoms with van der Waals surface area (Å²) in [7, 11) is 0. The van der Waals surface area contributed by atoms with Crippen LogP contribution in [0.2, 0.25) is 0 Å². The van der Waals surface area contributed by atoms with Crippen molar-refractivity contribution >= 4 is 35.4 Å². The molecule has 0 aromatic heterocycles. The summed E-state index contributed by atoms with van der Waals surface area (Å²) < 4.78 is 0. The summed E-state index contributed by atoms with van der Waals surface area (Å²) in [4.78, 5) is 34.8. The Morgan fingerprint density at radius 2 is 1.76 bits per heavy atom. The minimum atomic E-state index is -1.11. The maximum Gasteiger partial charge on any atom is 0.326 e. The number of carboxylic acids is 1. The topological polar surface area (TPSA) is 140 Å². The Morgan fingerprint density at radius 1 is 1.08 bits per heavy atom. The van der Waals surface area contributed by atoms with Gasteiger partial charge in [-0.15, -0.1) is 0 Å². The lowest BCUT2D eigenvalue weighted by Gasteiger charge is -2.21. The number of hydrogen-bond acceptors (Lipinski definition) is 6. The second-order valence-corrected chi connectivity index (χ2v) is 6.53. The molecular formula is C15H28N4O5S. The second kappa shape index (κ2) is 13.3. The molecule has 0 rings (SSSR count). The largest absolute Gasteiger partial charge is 0.480 e. The van der Waals surface area contributed by atoms with Crippen molar-refractivity contribution < 1.29 is 24.7 Å². The van der Waals surface area contributed by atoms with Crippen LogP contribution >= 0.6 is 11.8 Å². The summed E-state index contributed by atoms with van der Waals surface area (Å²) in [5.74, 6) is -0.873. The number of hydrogen-bond donors (Lipinski definition) is 5. The molecule has 0 aliphatic rings. The normalized spacial score (nSPS) is 13.6. The van der Waals surface area contributed by atoms with E-state index in [1.165, 1.54) is 6.92 Å². The van der Waals surface area contributed by atoms with Crippen LogP contribution in [0.25, 0.3) is 0 Å². The molecule has 0 aromatic carbocycles. The number of carbonyl (C=O) groups excluding carboxylic acids is 2. The number of nitrogens with one attached hydrogen (secondary N) is 3. The van der Waals surface area contributed by atoms with Crippen molar-refractivity contribution in [2.45, 2.75) is 51.6 Å². The second-order valence-electron chi connectivity index (χ2n) is 5.54. The van der Waals surface area contributed by atoms with Gasteiger partial charge in [-0.25, -0.2) is 4.79 Å². The van der Waals surface area contributed by atoms with Gasteiger partial charge >= 0.3 is 5.97 Å². The lowest BCUT2D eigenvalue weighted by atomic mass is 10.1.